The van der Waals surface area contributed by atoms with E-state index in [2.05, 4.69) is 15.9 Å². The largest absolute Gasteiger partial charge is 0.483 e. The van der Waals surface area contributed by atoms with Gasteiger partial charge in [-0.15, -0.1) is 0 Å². The Bertz CT molecular complexity index is 736. The summed E-state index contributed by atoms with van der Waals surface area (Å²) in [4.78, 5) is 13.6. The zero-order chi connectivity index (χ0) is 15.7. The quantitative estimate of drug-likeness (QED) is 0.810. The summed E-state index contributed by atoms with van der Waals surface area (Å²) in [6.07, 6.45) is 0. The monoisotopic (exact) mass is 367 g/mol. The van der Waals surface area contributed by atoms with Crippen LogP contribution in [0.3, 0.4) is 0 Å². The highest BCUT2D eigenvalue weighted by molar-refractivity contribution is 9.10. The van der Waals surface area contributed by atoms with E-state index in [0.717, 1.165) is 16.1 Å². The third-order valence-electron chi connectivity index (χ3n) is 3.46. The molecule has 0 saturated carbocycles. The summed E-state index contributed by atoms with van der Waals surface area (Å²) in [5.41, 5.74) is 1.11. The van der Waals surface area contributed by atoms with Crippen LogP contribution in [0.15, 0.2) is 40.9 Å². The van der Waals surface area contributed by atoms with Gasteiger partial charge in [-0.1, -0.05) is 22.0 Å². The van der Waals surface area contributed by atoms with Crippen LogP contribution in [0.25, 0.3) is 0 Å². The Labute approximate surface area is 134 Å². The summed E-state index contributed by atoms with van der Waals surface area (Å²) in [7, 11) is 0. The van der Waals surface area contributed by atoms with Crippen LogP contribution in [0.5, 0.6) is 5.75 Å². The minimum absolute atomic E-state index is 0.0697. The maximum atomic E-state index is 13.8. The molecule has 0 aromatic heterocycles. The molecule has 1 heterocycles. The van der Waals surface area contributed by atoms with E-state index in [1.54, 1.807) is 6.07 Å². The molecule has 1 amide bonds. The number of benzene rings is 2. The molecule has 0 N–H and O–H groups in total. The fourth-order valence-corrected chi connectivity index (χ4v) is 2.75. The van der Waals surface area contributed by atoms with E-state index in [9.17, 15) is 13.6 Å². The van der Waals surface area contributed by atoms with Gasteiger partial charge in [0.15, 0.2) is 6.61 Å². The molecule has 0 fully saturated rings. The number of hydrogen-bond acceptors (Lipinski definition) is 2. The lowest BCUT2D eigenvalue weighted by atomic mass is 10.1. The average Bonchev–Trinajstić information content (AvgIpc) is 2.62. The fourth-order valence-electron chi connectivity index (χ4n) is 2.34. The second-order valence-electron chi connectivity index (χ2n) is 5.03. The van der Waals surface area contributed by atoms with Crippen LogP contribution < -0.4 is 4.74 Å². The molecule has 2 aromatic carbocycles. The minimum Gasteiger partial charge on any atom is -0.483 e. The van der Waals surface area contributed by atoms with Crippen molar-refractivity contribution in [3.63, 3.8) is 0 Å². The lowest BCUT2D eigenvalue weighted by molar-refractivity contribution is -0.133. The van der Waals surface area contributed by atoms with Crippen LogP contribution in [-0.2, 0) is 17.9 Å². The number of hydrogen-bond donors (Lipinski definition) is 0. The molecule has 0 spiro atoms. The molecule has 114 valence electrons. The Morgan fingerprint density at radius 2 is 2.00 bits per heavy atom. The number of rotatable bonds is 2. The van der Waals surface area contributed by atoms with Crippen molar-refractivity contribution >= 4 is 21.8 Å². The van der Waals surface area contributed by atoms with Gasteiger partial charge in [0.05, 0.1) is 0 Å². The predicted molar refractivity (Wildman–Crippen MR) is 80.2 cm³/mol. The van der Waals surface area contributed by atoms with E-state index < -0.39 is 11.6 Å². The number of carbonyl (C=O) groups is 1. The molecule has 0 atom stereocenters. The maximum Gasteiger partial charge on any atom is 0.261 e. The van der Waals surface area contributed by atoms with Gasteiger partial charge in [0, 0.05) is 34.8 Å². The number of fused-ring (bicyclic) bond motifs is 1. The van der Waals surface area contributed by atoms with Gasteiger partial charge in [0.1, 0.15) is 17.4 Å². The van der Waals surface area contributed by atoms with Gasteiger partial charge in [0.2, 0.25) is 0 Å². The van der Waals surface area contributed by atoms with Crippen molar-refractivity contribution in [3.05, 3.63) is 63.6 Å². The highest BCUT2D eigenvalue weighted by Crippen LogP contribution is 2.27. The standard InChI is InChI=1S/C16H12BrF2NO2/c17-12-2-4-15-11(5-12)8-20(16(21)9-22-15)7-10-1-3-13(18)6-14(10)19/h1-6H,7-9H2. The van der Waals surface area contributed by atoms with Gasteiger partial charge in [-0.05, 0) is 24.3 Å². The van der Waals surface area contributed by atoms with E-state index in [4.69, 9.17) is 4.74 Å². The highest BCUT2D eigenvalue weighted by atomic mass is 79.9. The van der Waals surface area contributed by atoms with Crippen molar-refractivity contribution in [1.29, 1.82) is 0 Å². The number of ether oxygens (including phenoxy) is 1. The SMILES string of the molecule is O=C1COc2ccc(Br)cc2CN1Cc1ccc(F)cc1F. The van der Waals surface area contributed by atoms with Gasteiger partial charge in [-0.2, -0.15) is 0 Å². The maximum absolute atomic E-state index is 13.8. The molecule has 0 saturated heterocycles. The van der Waals surface area contributed by atoms with Gasteiger partial charge >= 0.3 is 0 Å². The first-order valence-corrected chi connectivity index (χ1v) is 7.45. The third kappa shape index (κ3) is 3.11. The molecule has 22 heavy (non-hydrogen) atoms. The highest BCUT2D eigenvalue weighted by Gasteiger charge is 2.22. The van der Waals surface area contributed by atoms with Crippen LogP contribution in [0.1, 0.15) is 11.1 Å². The summed E-state index contributed by atoms with van der Waals surface area (Å²) < 4.78 is 33.1. The topological polar surface area (TPSA) is 29.5 Å². The number of carbonyl (C=O) groups excluding carboxylic acids is 1. The third-order valence-corrected chi connectivity index (χ3v) is 3.96. The van der Waals surface area contributed by atoms with Crippen LogP contribution in [0, 0.1) is 11.6 Å². The molecule has 1 aliphatic rings. The summed E-state index contributed by atoms with van der Waals surface area (Å²) in [5, 5.41) is 0. The molecule has 3 rings (SSSR count). The molecule has 1 aliphatic heterocycles. The molecule has 2 aromatic rings. The Kier molecular flexibility index (Phi) is 4.11. The second kappa shape index (κ2) is 6.04. The Morgan fingerprint density at radius 1 is 1.18 bits per heavy atom. The predicted octanol–water partition coefficient (Wildman–Crippen LogP) is 3.65. The van der Waals surface area contributed by atoms with Crippen molar-refractivity contribution in [1.82, 2.24) is 4.90 Å². The number of amides is 1. The van der Waals surface area contributed by atoms with Gasteiger partial charge in [0.25, 0.3) is 5.91 Å². The first-order valence-electron chi connectivity index (χ1n) is 6.66. The van der Waals surface area contributed by atoms with Crippen molar-refractivity contribution < 1.29 is 18.3 Å². The molecule has 6 heteroatoms. The van der Waals surface area contributed by atoms with Gasteiger partial charge in [-0.3, -0.25) is 4.79 Å². The molecular formula is C16H12BrF2NO2. The summed E-state index contributed by atoms with van der Waals surface area (Å²) >= 11 is 3.38. The van der Waals surface area contributed by atoms with Crippen LogP contribution in [0.2, 0.25) is 0 Å². The lowest BCUT2D eigenvalue weighted by Crippen LogP contribution is -2.32. The number of halogens is 3. The van der Waals surface area contributed by atoms with Crippen LogP contribution in [-0.4, -0.2) is 17.4 Å². The van der Waals surface area contributed by atoms with Gasteiger partial charge in [-0.25, -0.2) is 8.78 Å². The smallest absolute Gasteiger partial charge is 0.261 e. The van der Waals surface area contributed by atoms with Gasteiger partial charge < -0.3 is 9.64 Å². The van der Waals surface area contributed by atoms with Crippen molar-refractivity contribution in [2.24, 2.45) is 0 Å². The molecule has 0 radical (unpaired) electrons. The average molecular weight is 368 g/mol. The number of nitrogens with zero attached hydrogens (tertiary/aromatic N) is 1. The zero-order valence-electron chi connectivity index (χ0n) is 11.5. The summed E-state index contributed by atoms with van der Waals surface area (Å²) in [5.74, 6) is -0.900. The summed E-state index contributed by atoms with van der Waals surface area (Å²) in [6.45, 7) is 0.280. The Morgan fingerprint density at radius 3 is 2.77 bits per heavy atom. The van der Waals surface area contributed by atoms with E-state index in [1.807, 2.05) is 12.1 Å². The van der Waals surface area contributed by atoms with E-state index >= 15 is 0 Å². The summed E-state index contributed by atoms with van der Waals surface area (Å²) in [6, 6.07) is 8.83. The zero-order valence-corrected chi connectivity index (χ0v) is 13.1. The van der Waals surface area contributed by atoms with Crippen LogP contribution >= 0.6 is 15.9 Å². The second-order valence-corrected chi connectivity index (χ2v) is 5.94. The van der Waals surface area contributed by atoms with E-state index in [0.29, 0.717) is 12.3 Å². The van der Waals surface area contributed by atoms with Crippen molar-refractivity contribution in [2.45, 2.75) is 13.1 Å². The Hall–Kier alpha value is -1.95. The van der Waals surface area contributed by atoms with Crippen LogP contribution in [0.4, 0.5) is 8.78 Å². The van der Waals surface area contributed by atoms with Crippen molar-refractivity contribution in [2.75, 3.05) is 6.61 Å². The van der Waals surface area contributed by atoms with E-state index in [-0.39, 0.29) is 24.6 Å². The molecule has 0 aliphatic carbocycles. The Balaban J connectivity index is 1.87. The van der Waals surface area contributed by atoms with Crippen molar-refractivity contribution in [3.8, 4) is 5.75 Å². The first kappa shape index (κ1) is 15.0. The first-order chi connectivity index (χ1) is 10.5. The normalized spacial score (nSPS) is 14.3. The molecule has 0 unspecified atom stereocenters. The molecule has 0 bridgehead atoms. The molecule has 3 nitrogen and oxygen atoms in total. The van der Waals surface area contributed by atoms with E-state index in [1.165, 1.54) is 17.0 Å². The molecular weight excluding hydrogens is 356 g/mol. The fraction of sp³-hybridized carbons (Fsp3) is 0.188. The minimum atomic E-state index is -0.660. The lowest BCUT2D eigenvalue weighted by Gasteiger charge is -2.20.